The van der Waals surface area contributed by atoms with E-state index >= 15 is 0 Å². The summed E-state index contributed by atoms with van der Waals surface area (Å²) in [4.78, 5) is 25.8. The van der Waals surface area contributed by atoms with Gasteiger partial charge in [0.2, 0.25) is 11.8 Å². The Labute approximate surface area is 111 Å². The van der Waals surface area contributed by atoms with Gasteiger partial charge < -0.3 is 10.2 Å². The number of rotatable bonds is 3. The van der Waals surface area contributed by atoms with Crippen LogP contribution in [-0.2, 0) is 9.59 Å². The summed E-state index contributed by atoms with van der Waals surface area (Å²) >= 11 is 0. The number of nitrogens with one attached hydrogen (secondary N) is 1. The van der Waals surface area contributed by atoms with E-state index in [0.717, 1.165) is 0 Å². The zero-order valence-corrected chi connectivity index (χ0v) is 13.0. The molecule has 0 heterocycles. The summed E-state index contributed by atoms with van der Waals surface area (Å²) < 4.78 is 0. The number of nitrogens with zero attached hydrogens (tertiary/aromatic N) is 1. The highest BCUT2D eigenvalue weighted by molar-refractivity contribution is 5.88. The van der Waals surface area contributed by atoms with Crippen molar-refractivity contribution in [3.8, 4) is 0 Å². The van der Waals surface area contributed by atoms with Gasteiger partial charge in [0, 0.05) is 20.5 Å². The Kier molecular flexibility index (Phi) is 5.38. The second-order valence-corrected chi connectivity index (χ2v) is 7.12. The maximum absolute atomic E-state index is 12.2. The standard InChI is InChI=1S/C14H28N2O2/c1-13(2,3)9-10(17)16(8)11(12(18)15-7)14(4,5)6/h11H,9H2,1-8H3,(H,15,18). The van der Waals surface area contributed by atoms with Crippen LogP contribution in [0.4, 0.5) is 0 Å². The van der Waals surface area contributed by atoms with Crippen molar-refractivity contribution in [1.82, 2.24) is 10.2 Å². The first-order valence-corrected chi connectivity index (χ1v) is 6.37. The summed E-state index contributed by atoms with van der Waals surface area (Å²) in [6, 6.07) is -0.447. The summed E-state index contributed by atoms with van der Waals surface area (Å²) in [5, 5.41) is 2.64. The minimum Gasteiger partial charge on any atom is -0.357 e. The number of amides is 2. The molecule has 0 radical (unpaired) electrons. The van der Waals surface area contributed by atoms with E-state index in [1.807, 2.05) is 41.5 Å². The van der Waals surface area contributed by atoms with Crippen LogP contribution in [0.3, 0.4) is 0 Å². The Balaban J connectivity index is 5.04. The molecule has 1 atom stereocenters. The van der Waals surface area contributed by atoms with Crippen LogP contribution < -0.4 is 5.32 Å². The summed E-state index contributed by atoms with van der Waals surface area (Å²) in [6.45, 7) is 12.0. The maximum atomic E-state index is 12.2. The van der Waals surface area contributed by atoms with Crippen molar-refractivity contribution in [3.63, 3.8) is 0 Å². The third kappa shape index (κ3) is 5.07. The van der Waals surface area contributed by atoms with Gasteiger partial charge in [-0.1, -0.05) is 41.5 Å². The molecule has 0 aliphatic heterocycles. The van der Waals surface area contributed by atoms with Crippen LogP contribution in [0.1, 0.15) is 48.0 Å². The molecule has 0 aliphatic carbocycles. The molecule has 4 nitrogen and oxygen atoms in total. The summed E-state index contributed by atoms with van der Waals surface area (Å²) in [5.41, 5.74) is -0.362. The molecule has 0 saturated carbocycles. The van der Waals surface area contributed by atoms with Crippen molar-refractivity contribution < 1.29 is 9.59 Å². The third-order valence-electron chi connectivity index (χ3n) is 2.78. The molecule has 0 aliphatic rings. The van der Waals surface area contributed by atoms with E-state index in [0.29, 0.717) is 6.42 Å². The Bertz CT molecular complexity index is 311. The lowest BCUT2D eigenvalue weighted by Crippen LogP contribution is -2.54. The molecule has 0 fully saturated rings. The number of hydrogen-bond acceptors (Lipinski definition) is 2. The fourth-order valence-electron chi connectivity index (χ4n) is 2.01. The normalized spacial score (nSPS) is 14.0. The van der Waals surface area contributed by atoms with E-state index < -0.39 is 6.04 Å². The molecule has 1 N–H and O–H groups in total. The largest absolute Gasteiger partial charge is 0.357 e. The molecule has 0 bridgehead atoms. The Morgan fingerprint density at radius 3 is 1.83 bits per heavy atom. The van der Waals surface area contributed by atoms with Gasteiger partial charge in [0.05, 0.1) is 0 Å². The number of likely N-dealkylation sites (N-methyl/N-ethyl adjacent to an activating group) is 2. The van der Waals surface area contributed by atoms with Gasteiger partial charge in [0.15, 0.2) is 0 Å². The minimum absolute atomic E-state index is 0.00558. The van der Waals surface area contributed by atoms with E-state index in [1.54, 1.807) is 19.0 Å². The quantitative estimate of drug-likeness (QED) is 0.840. The average Bonchev–Trinajstić information content (AvgIpc) is 2.12. The SMILES string of the molecule is CNC(=O)C(N(C)C(=O)CC(C)(C)C)C(C)(C)C. The zero-order valence-electron chi connectivity index (χ0n) is 13.0. The van der Waals surface area contributed by atoms with Crippen LogP contribution in [0.25, 0.3) is 0 Å². The van der Waals surface area contributed by atoms with E-state index in [4.69, 9.17) is 0 Å². The van der Waals surface area contributed by atoms with Gasteiger partial charge in [-0.2, -0.15) is 0 Å². The molecule has 0 spiro atoms. The van der Waals surface area contributed by atoms with Crippen molar-refractivity contribution in [2.45, 2.75) is 54.0 Å². The fourth-order valence-corrected chi connectivity index (χ4v) is 2.01. The van der Waals surface area contributed by atoms with E-state index in [1.165, 1.54) is 0 Å². The lowest BCUT2D eigenvalue weighted by molar-refractivity contribution is -0.143. The fraction of sp³-hybridized carbons (Fsp3) is 0.857. The molecule has 18 heavy (non-hydrogen) atoms. The van der Waals surface area contributed by atoms with Gasteiger partial charge in [-0.25, -0.2) is 0 Å². The molecule has 1 unspecified atom stereocenters. The highest BCUT2D eigenvalue weighted by Gasteiger charge is 2.37. The highest BCUT2D eigenvalue weighted by Crippen LogP contribution is 2.26. The topological polar surface area (TPSA) is 49.4 Å². The Morgan fingerprint density at radius 2 is 1.56 bits per heavy atom. The van der Waals surface area contributed by atoms with Crippen molar-refractivity contribution in [2.24, 2.45) is 10.8 Å². The van der Waals surface area contributed by atoms with Gasteiger partial charge in [-0.15, -0.1) is 0 Å². The molecule has 0 aromatic carbocycles. The van der Waals surface area contributed by atoms with Crippen molar-refractivity contribution in [2.75, 3.05) is 14.1 Å². The highest BCUT2D eigenvalue weighted by atomic mass is 16.2. The maximum Gasteiger partial charge on any atom is 0.243 e. The first-order valence-electron chi connectivity index (χ1n) is 6.37. The Morgan fingerprint density at radius 1 is 1.11 bits per heavy atom. The average molecular weight is 256 g/mol. The number of hydrogen-bond donors (Lipinski definition) is 1. The third-order valence-corrected chi connectivity index (χ3v) is 2.78. The predicted octanol–water partition coefficient (Wildman–Crippen LogP) is 2.04. The molecule has 4 heteroatoms. The van der Waals surface area contributed by atoms with Crippen molar-refractivity contribution >= 4 is 11.8 Å². The molecule has 106 valence electrons. The van der Waals surface area contributed by atoms with Crippen LogP contribution >= 0.6 is 0 Å². The second kappa shape index (κ2) is 5.72. The van der Waals surface area contributed by atoms with E-state index in [2.05, 4.69) is 5.32 Å². The summed E-state index contributed by atoms with van der Waals surface area (Å²) in [7, 11) is 3.31. The molecule has 0 aromatic rings. The smallest absolute Gasteiger partial charge is 0.243 e. The number of carbonyl (C=O) groups excluding carboxylic acids is 2. The first kappa shape index (κ1) is 16.9. The summed E-state index contributed by atoms with van der Waals surface area (Å²) in [5.74, 6) is -0.113. The molecule has 0 saturated heterocycles. The molecule has 0 rings (SSSR count). The van der Waals surface area contributed by atoms with Gasteiger partial charge >= 0.3 is 0 Å². The van der Waals surface area contributed by atoms with Crippen LogP contribution in [0.15, 0.2) is 0 Å². The minimum atomic E-state index is -0.447. The molecule has 0 aromatic heterocycles. The lowest BCUT2D eigenvalue weighted by Gasteiger charge is -2.37. The van der Waals surface area contributed by atoms with Crippen LogP contribution in [0.2, 0.25) is 0 Å². The van der Waals surface area contributed by atoms with E-state index in [9.17, 15) is 9.59 Å². The molecular weight excluding hydrogens is 228 g/mol. The number of carbonyl (C=O) groups is 2. The van der Waals surface area contributed by atoms with Crippen LogP contribution in [0.5, 0.6) is 0 Å². The Hall–Kier alpha value is -1.06. The predicted molar refractivity (Wildman–Crippen MR) is 74.2 cm³/mol. The molecule has 2 amide bonds. The van der Waals surface area contributed by atoms with Gasteiger partial charge in [-0.3, -0.25) is 9.59 Å². The van der Waals surface area contributed by atoms with Gasteiger partial charge in [-0.05, 0) is 10.8 Å². The van der Waals surface area contributed by atoms with Crippen molar-refractivity contribution in [3.05, 3.63) is 0 Å². The lowest BCUT2D eigenvalue weighted by atomic mass is 9.84. The second-order valence-electron chi connectivity index (χ2n) is 7.12. The van der Waals surface area contributed by atoms with E-state index in [-0.39, 0.29) is 22.6 Å². The van der Waals surface area contributed by atoms with Crippen molar-refractivity contribution in [1.29, 1.82) is 0 Å². The first-order chi connectivity index (χ1) is 7.90. The van der Waals surface area contributed by atoms with Crippen LogP contribution in [0, 0.1) is 10.8 Å². The molecular formula is C14H28N2O2. The summed E-state index contributed by atoms with van der Waals surface area (Å²) in [6.07, 6.45) is 0.438. The van der Waals surface area contributed by atoms with Gasteiger partial charge in [0.1, 0.15) is 6.04 Å². The van der Waals surface area contributed by atoms with Gasteiger partial charge in [0.25, 0.3) is 0 Å². The van der Waals surface area contributed by atoms with Crippen LogP contribution in [-0.4, -0.2) is 36.9 Å². The monoisotopic (exact) mass is 256 g/mol. The zero-order chi connectivity index (χ0) is 14.7.